The van der Waals surface area contributed by atoms with Gasteiger partial charge in [-0.15, -0.1) is 0 Å². The summed E-state index contributed by atoms with van der Waals surface area (Å²) in [6, 6.07) is 17.9. The molecule has 176 valence electrons. The van der Waals surface area contributed by atoms with E-state index in [4.69, 9.17) is 0 Å². The molecule has 0 saturated carbocycles. The largest absolute Gasteiger partial charge is 0.262 e. The predicted octanol–water partition coefficient (Wildman–Crippen LogP) is 6.84. The minimum absolute atomic E-state index is 0.818. The van der Waals surface area contributed by atoms with Crippen molar-refractivity contribution in [2.75, 3.05) is 0 Å². The van der Waals surface area contributed by atoms with Crippen LogP contribution in [0.4, 0.5) is 0 Å². The van der Waals surface area contributed by atoms with E-state index in [0.717, 1.165) is 44.2 Å². The van der Waals surface area contributed by atoms with Gasteiger partial charge in [0.1, 0.15) is 0 Å². The summed E-state index contributed by atoms with van der Waals surface area (Å²) >= 11 is 0. The summed E-state index contributed by atoms with van der Waals surface area (Å²) in [7, 11) is 0. The molecule has 0 atom stereocenters. The van der Waals surface area contributed by atoms with E-state index >= 15 is 0 Å². The van der Waals surface area contributed by atoms with Gasteiger partial charge in [0.2, 0.25) is 0 Å². The van der Waals surface area contributed by atoms with Crippen molar-refractivity contribution >= 4 is 33.0 Å². The van der Waals surface area contributed by atoms with Crippen LogP contribution in [0.5, 0.6) is 0 Å². The number of aromatic nitrogens is 6. The van der Waals surface area contributed by atoms with Gasteiger partial charge in [-0.3, -0.25) is 19.9 Å². The Hall–Kier alpha value is -4.32. The van der Waals surface area contributed by atoms with Gasteiger partial charge in [0, 0.05) is 47.5 Å². The first-order valence-corrected chi connectivity index (χ1v) is 11.6. The quantitative estimate of drug-likeness (QED) is 0.246. The summed E-state index contributed by atoms with van der Waals surface area (Å²) in [6.07, 6.45) is 10.8. The van der Waals surface area contributed by atoms with E-state index in [9.17, 15) is 0 Å². The molecule has 0 aromatic carbocycles. The summed E-state index contributed by atoms with van der Waals surface area (Å²) < 4.78 is 0. The Bertz CT molecular complexity index is 1330. The fourth-order valence-corrected chi connectivity index (χ4v) is 3.20. The predicted molar refractivity (Wildman–Crippen MR) is 144 cm³/mol. The average molecular weight is 463 g/mol. The first kappa shape index (κ1) is 25.3. The zero-order chi connectivity index (χ0) is 25.0. The molecule has 6 heteroatoms. The molecule has 0 aliphatic rings. The Morgan fingerprint density at radius 3 is 2.14 bits per heavy atom. The number of hydrogen-bond acceptors (Lipinski definition) is 6. The second-order valence-corrected chi connectivity index (χ2v) is 7.64. The average Bonchev–Trinajstić information content (AvgIpc) is 2.90. The maximum Gasteiger partial charge on any atom is 0.159 e. The molecule has 0 aliphatic carbocycles. The monoisotopic (exact) mass is 462 g/mol. The Balaban J connectivity index is 0.000000142. The third-order valence-corrected chi connectivity index (χ3v) is 4.81. The highest BCUT2D eigenvalue weighted by Crippen LogP contribution is 2.10. The summed E-state index contributed by atoms with van der Waals surface area (Å²) in [5.41, 5.74) is 7.06. The van der Waals surface area contributed by atoms with Crippen LogP contribution in [-0.2, 0) is 0 Å². The lowest BCUT2D eigenvalue weighted by Gasteiger charge is -1.95. The van der Waals surface area contributed by atoms with Crippen LogP contribution in [0.2, 0.25) is 0 Å². The molecule has 6 heterocycles. The van der Waals surface area contributed by atoms with Gasteiger partial charge in [-0.1, -0.05) is 19.9 Å². The first-order chi connectivity index (χ1) is 17.1. The van der Waals surface area contributed by atoms with Crippen molar-refractivity contribution in [1.29, 1.82) is 0 Å². The van der Waals surface area contributed by atoms with Gasteiger partial charge in [-0.05, 0) is 80.4 Å². The van der Waals surface area contributed by atoms with Crippen molar-refractivity contribution in [1.82, 2.24) is 29.9 Å². The lowest BCUT2D eigenvalue weighted by atomic mass is 10.2. The molecule has 35 heavy (non-hydrogen) atoms. The fourth-order valence-electron chi connectivity index (χ4n) is 3.20. The standard InChI is InChI=1S/3C9H8N2.C2H6/c1-7-2-3-8-4-5-10-6-9(8)11-7;1-7-5-9-8(11-6-7)3-2-4-10-9;1-7-5-8-3-2-4-10-9(8)11-6-7;1-2/h3*2-6H,1H3;1-2H3. The first-order valence-electron chi connectivity index (χ1n) is 11.6. The Labute approximate surface area is 206 Å². The molecule has 6 rings (SSSR count). The molecule has 0 spiro atoms. The zero-order valence-electron chi connectivity index (χ0n) is 20.8. The van der Waals surface area contributed by atoms with Crippen LogP contribution in [-0.4, -0.2) is 29.9 Å². The minimum Gasteiger partial charge on any atom is -0.262 e. The van der Waals surface area contributed by atoms with E-state index in [1.807, 2.05) is 89.5 Å². The van der Waals surface area contributed by atoms with Gasteiger partial charge in [0.25, 0.3) is 0 Å². The molecule has 0 radical (unpaired) electrons. The van der Waals surface area contributed by atoms with E-state index in [1.54, 1.807) is 24.8 Å². The van der Waals surface area contributed by atoms with E-state index in [0.29, 0.717) is 0 Å². The van der Waals surface area contributed by atoms with Gasteiger partial charge < -0.3 is 0 Å². The summed E-state index contributed by atoms with van der Waals surface area (Å²) in [5, 5.41) is 2.25. The molecule has 6 nitrogen and oxygen atoms in total. The topological polar surface area (TPSA) is 77.3 Å². The normalized spacial score (nSPS) is 9.86. The van der Waals surface area contributed by atoms with Gasteiger partial charge in [-0.25, -0.2) is 9.97 Å². The van der Waals surface area contributed by atoms with Gasteiger partial charge >= 0.3 is 0 Å². The molecule has 0 amide bonds. The second kappa shape index (κ2) is 12.8. The number of hydrogen-bond donors (Lipinski definition) is 0. The lowest BCUT2D eigenvalue weighted by Crippen LogP contribution is -1.82. The molecule has 0 bridgehead atoms. The molecule has 0 aliphatic heterocycles. The Morgan fingerprint density at radius 2 is 1.29 bits per heavy atom. The van der Waals surface area contributed by atoms with Crippen LogP contribution in [0.3, 0.4) is 0 Å². The minimum atomic E-state index is 0.818. The van der Waals surface area contributed by atoms with E-state index in [1.165, 1.54) is 5.56 Å². The Morgan fingerprint density at radius 1 is 0.543 bits per heavy atom. The Kier molecular flexibility index (Phi) is 9.25. The van der Waals surface area contributed by atoms with Crippen LogP contribution in [0.1, 0.15) is 30.7 Å². The smallest absolute Gasteiger partial charge is 0.159 e. The van der Waals surface area contributed by atoms with Crippen LogP contribution in [0.25, 0.3) is 33.0 Å². The van der Waals surface area contributed by atoms with Crippen LogP contribution < -0.4 is 0 Å². The van der Waals surface area contributed by atoms with Crippen LogP contribution in [0.15, 0.2) is 91.8 Å². The molecule has 0 unspecified atom stereocenters. The molecular formula is C29H30N6. The van der Waals surface area contributed by atoms with Gasteiger partial charge in [-0.2, -0.15) is 0 Å². The maximum absolute atomic E-state index is 4.31. The van der Waals surface area contributed by atoms with Crippen molar-refractivity contribution in [3.05, 3.63) is 109 Å². The number of rotatable bonds is 0. The maximum atomic E-state index is 4.31. The number of nitrogens with zero attached hydrogens (tertiary/aromatic N) is 6. The van der Waals surface area contributed by atoms with Crippen molar-refractivity contribution in [3.8, 4) is 0 Å². The molecule has 6 aromatic heterocycles. The highest BCUT2D eigenvalue weighted by Gasteiger charge is 1.94. The van der Waals surface area contributed by atoms with E-state index in [2.05, 4.69) is 42.0 Å². The fraction of sp³-hybridized carbons (Fsp3) is 0.172. The molecule has 0 fully saturated rings. The highest BCUT2D eigenvalue weighted by atomic mass is 14.8. The lowest BCUT2D eigenvalue weighted by molar-refractivity contribution is 1.23. The van der Waals surface area contributed by atoms with Gasteiger partial charge in [0.15, 0.2) is 5.65 Å². The third kappa shape index (κ3) is 7.33. The summed E-state index contributed by atoms with van der Waals surface area (Å²) in [6.45, 7) is 10.0. The molecule has 0 N–H and O–H groups in total. The summed E-state index contributed by atoms with van der Waals surface area (Å²) in [4.78, 5) is 25.0. The molecule has 6 aromatic rings. The van der Waals surface area contributed by atoms with E-state index in [-0.39, 0.29) is 0 Å². The summed E-state index contributed by atoms with van der Waals surface area (Å²) in [5.74, 6) is 0. The third-order valence-electron chi connectivity index (χ3n) is 4.81. The van der Waals surface area contributed by atoms with Crippen molar-refractivity contribution < 1.29 is 0 Å². The SMILES string of the molecule is CC.Cc1ccc2ccncc2n1.Cc1cnc2cccnc2c1.Cc1cnc2ncccc2c1. The number of pyridine rings is 6. The highest BCUT2D eigenvalue weighted by molar-refractivity contribution is 5.77. The number of aryl methyl sites for hydroxylation is 3. The van der Waals surface area contributed by atoms with Crippen LogP contribution >= 0.6 is 0 Å². The second-order valence-electron chi connectivity index (χ2n) is 7.64. The van der Waals surface area contributed by atoms with Crippen LogP contribution in [0, 0.1) is 20.8 Å². The molecular weight excluding hydrogens is 432 g/mol. The van der Waals surface area contributed by atoms with Crippen molar-refractivity contribution in [2.45, 2.75) is 34.6 Å². The zero-order valence-corrected chi connectivity index (χ0v) is 20.8. The number of fused-ring (bicyclic) bond motifs is 3. The van der Waals surface area contributed by atoms with Crippen molar-refractivity contribution in [3.63, 3.8) is 0 Å². The van der Waals surface area contributed by atoms with Crippen molar-refractivity contribution in [2.24, 2.45) is 0 Å². The van der Waals surface area contributed by atoms with E-state index < -0.39 is 0 Å². The molecule has 0 saturated heterocycles. The van der Waals surface area contributed by atoms with Gasteiger partial charge in [0.05, 0.1) is 22.7 Å².